The van der Waals surface area contributed by atoms with Gasteiger partial charge in [0.15, 0.2) is 23.3 Å². The number of halogens is 3. The number of aromatic nitrogens is 2. The predicted octanol–water partition coefficient (Wildman–Crippen LogP) is 2.33. The molecule has 0 saturated heterocycles. The fourth-order valence-electron chi connectivity index (χ4n) is 1.51. The Labute approximate surface area is 101 Å². The standard InChI is InChI=1S/C12H10F3N3/c1-6-5-17-12(18-10(6)4-16)7-2-8(13)11(15)9(14)3-7/h2-3,5H,4,16H2,1H3. The summed E-state index contributed by atoms with van der Waals surface area (Å²) in [7, 11) is 0. The lowest BCUT2D eigenvalue weighted by molar-refractivity contribution is 0.447. The molecule has 0 fully saturated rings. The molecule has 1 aromatic carbocycles. The summed E-state index contributed by atoms with van der Waals surface area (Å²) in [4.78, 5) is 8.03. The molecule has 2 aromatic rings. The zero-order chi connectivity index (χ0) is 13.3. The number of hydrogen-bond acceptors (Lipinski definition) is 3. The van der Waals surface area contributed by atoms with Gasteiger partial charge >= 0.3 is 0 Å². The van der Waals surface area contributed by atoms with Gasteiger partial charge in [0.2, 0.25) is 0 Å². The second-order valence-electron chi connectivity index (χ2n) is 3.78. The summed E-state index contributed by atoms with van der Waals surface area (Å²) in [6.07, 6.45) is 1.50. The van der Waals surface area contributed by atoms with E-state index in [0.29, 0.717) is 5.69 Å². The van der Waals surface area contributed by atoms with Gasteiger partial charge < -0.3 is 5.73 Å². The molecule has 3 nitrogen and oxygen atoms in total. The van der Waals surface area contributed by atoms with E-state index in [1.165, 1.54) is 6.20 Å². The van der Waals surface area contributed by atoms with Gasteiger partial charge in [0, 0.05) is 18.3 Å². The molecular formula is C12H10F3N3. The van der Waals surface area contributed by atoms with Gasteiger partial charge in [-0.15, -0.1) is 0 Å². The van der Waals surface area contributed by atoms with Crippen LogP contribution in [-0.2, 0) is 6.54 Å². The first-order valence-corrected chi connectivity index (χ1v) is 5.20. The van der Waals surface area contributed by atoms with E-state index in [2.05, 4.69) is 9.97 Å². The van der Waals surface area contributed by atoms with Crippen LogP contribution in [0.3, 0.4) is 0 Å². The SMILES string of the molecule is Cc1cnc(-c2cc(F)c(F)c(F)c2)nc1CN. The maximum Gasteiger partial charge on any atom is 0.194 e. The number of hydrogen-bond donors (Lipinski definition) is 1. The largest absolute Gasteiger partial charge is 0.325 e. The van der Waals surface area contributed by atoms with E-state index < -0.39 is 17.5 Å². The molecule has 0 saturated carbocycles. The summed E-state index contributed by atoms with van der Waals surface area (Å²) in [6, 6.07) is 1.70. The van der Waals surface area contributed by atoms with Crippen LogP contribution in [0.25, 0.3) is 11.4 Å². The number of aryl methyl sites for hydroxylation is 1. The third-order valence-corrected chi connectivity index (χ3v) is 2.51. The average molecular weight is 253 g/mol. The molecule has 6 heteroatoms. The molecule has 0 amide bonds. The van der Waals surface area contributed by atoms with Gasteiger partial charge in [-0.1, -0.05) is 0 Å². The van der Waals surface area contributed by atoms with Gasteiger partial charge in [0.1, 0.15) is 0 Å². The van der Waals surface area contributed by atoms with Crippen molar-refractivity contribution in [2.45, 2.75) is 13.5 Å². The van der Waals surface area contributed by atoms with Crippen LogP contribution in [0.15, 0.2) is 18.3 Å². The summed E-state index contributed by atoms with van der Waals surface area (Å²) < 4.78 is 39.0. The second-order valence-corrected chi connectivity index (χ2v) is 3.78. The summed E-state index contributed by atoms with van der Waals surface area (Å²) in [5, 5.41) is 0. The Kier molecular flexibility index (Phi) is 3.29. The van der Waals surface area contributed by atoms with E-state index in [1.54, 1.807) is 6.92 Å². The van der Waals surface area contributed by atoms with Crippen molar-refractivity contribution in [2.24, 2.45) is 5.73 Å². The monoisotopic (exact) mass is 253 g/mol. The summed E-state index contributed by atoms with van der Waals surface area (Å²) >= 11 is 0. The van der Waals surface area contributed by atoms with Crippen molar-refractivity contribution in [1.82, 2.24) is 9.97 Å². The van der Waals surface area contributed by atoms with Crippen LogP contribution in [-0.4, -0.2) is 9.97 Å². The lowest BCUT2D eigenvalue weighted by Crippen LogP contribution is -2.05. The Morgan fingerprint density at radius 1 is 1.17 bits per heavy atom. The number of nitrogens with two attached hydrogens (primary N) is 1. The molecule has 0 unspecified atom stereocenters. The number of rotatable bonds is 2. The molecule has 2 N–H and O–H groups in total. The van der Waals surface area contributed by atoms with Crippen molar-refractivity contribution in [3.8, 4) is 11.4 Å². The van der Waals surface area contributed by atoms with Gasteiger partial charge in [-0.3, -0.25) is 0 Å². The highest BCUT2D eigenvalue weighted by molar-refractivity contribution is 5.55. The summed E-state index contributed by atoms with van der Waals surface area (Å²) in [5.41, 5.74) is 6.91. The van der Waals surface area contributed by atoms with Crippen LogP contribution >= 0.6 is 0 Å². The first kappa shape index (κ1) is 12.5. The minimum atomic E-state index is -1.51. The minimum absolute atomic E-state index is 0.0705. The van der Waals surface area contributed by atoms with E-state index in [0.717, 1.165) is 17.7 Å². The van der Waals surface area contributed by atoms with Crippen molar-refractivity contribution in [1.29, 1.82) is 0 Å². The maximum atomic E-state index is 13.1. The van der Waals surface area contributed by atoms with Crippen molar-refractivity contribution < 1.29 is 13.2 Å². The fraction of sp³-hybridized carbons (Fsp3) is 0.167. The van der Waals surface area contributed by atoms with Crippen molar-refractivity contribution >= 4 is 0 Å². The van der Waals surface area contributed by atoms with Gasteiger partial charge in [-0.2, -0.15) is 0 Å². The van der Waals surface area contributed by atoms with Gasteiger partial charge in [0.05, 0.1) is 5.69 Å². The zero-order valence-electron chi connectivity index (χ0n) is 9.54. The van der Waals surface area contributed by atoms with Crippen LogP contribution in [0.5, 0.6) is 0 Å². The van der Waals surface area contributed by atoms with E-state index in [1.807, 2.05) is 0 Å². The molecule has 0 atom stereocenters. The average Bonchev–Trinajstić information content (AvgIpc) is 2.36. The quantitative estimate of drug-likeness (QED) is 0.836. The molecule has 0 aliphatic carbocycles. The summed E-state index contributed by atoms with van der Waals surface area (Å²) in [6.45, 7) is 1.96. The van der Waals surface area contributed by atoms with Crippen LogP contribution in [0.4, 0.5) is 13.2 Å². The van der Waals surface area contributed by atoms with Crippen LogP contribution in [0.2, 0.25) is 0 Å². The first-order chi connectivity index (χ1) is 8.52. The second kappa shape index (κ2) is 4.73. The third-order valence-electron chi connectivity index (χ3n) is 2.51. The highest BCUT2D eigenvalue weighted by Gasteiger charge is 2.13. The Hall–Kier alpha value is -1.95. The molecule has 0 spiro atoms. The van der Waals surface area contributed by atoms with Crippen molar-refractivity contribution in [3.63, 3.8) is 0 Å². The zero-order valence-corrected chi connectivity index (χ0v) is 9.54. The molecule has 94 valence electrons. The van der Waals surface area contributed by atoms with Crippen LogP contribution < -0.4 is 5.73 Å². The minimum Gasteiger partial charge on any atom is -0.325 e. The fourth-order valence-corrected chi connectivity index (χ4v) is 1.51. The van der Waals surface area contributed by atoms with Gasteiger partial charge in [0.25, 0.3) is 0 Å². The smallest absolute Gasteiger partial charge is 0.194 e. The van der Waals surface area contributed by atoms with Gasteiger partial charge in [-0.05, 0) is 24.6 Å². The highest BCUT2D eigenvalue weighted by Crippen LogP contribution is 2.21. The molecule has 1 aromatic heterocycles. The molecular weight excluding hydrogens is 243 g/mol. The molecule has 18 heavy (non-hydrogen) atoms. The Balaban J connectivity index is 2.55. The Bertz CT molecular complexity index is 576. The first-order valence-electron chi connectivity index (χ1n) is 5.20. The molecule has 0 aliphatic rings. The third kappa shape index (κ3) is 2.19. The normalized spacial score (nSPS) is 10.7. The lowest BCUT2D eigenvalue weighted by Gasteiger charge is -2.06. The highest BCUT2D eigenvalue weighted by atomic mass is 19.2. The van der Waals surface area contributed by atoms with E-state index >= 15 is 0 Å². The van der Waals surface area contributed by atoms with Gasteiger partial charge in [-0.25, -0.2) is 23.1 Å². The Morgan fingerprint density at radius 2 is 1.78 bits per heavy atom. The lowest BCUT2D eigenvalue weighted by atomic mass is 10.1. The molecule has 2 rings (SSSR count). The van der Waals surface area contributed by atoms with Crippen molar-refractivity contribution in [2.75, 3.05) is 0 Å². The Morgan fingerprint density at radius 3 is 2.33 bits per heavy atom. The van der Waals surface area contributed by atoms with E-state index in [4.69, 9.17) is 5.73 Å². The molecule has 0 bridgehead atoms. The number of benzene rings is 1. The molecule has 1 heterocycles. The predicted molar refractivity (Wildman–Crippen MR) is 60.0 cm³/mol. The molecule has 0 radical (unpaired) electrons. The van der Waals surface area contributed by atoms with E-state index in [9.17, 15) is 13.2 Å². The van der Waals surface area contributed by atoms with Crippen molar-refractivity contribution in [3.05, 3.63) is 47.0 Å². The number of nitrogens with zero attached hydrogens (tertiary/aromatic N) is 2. The van der Waals surface area contributed by atoms with Crippen LogP contribution in [0, 0.1) is 24.4 Å². The molecule has 0 aliphatic heterocycles. The van der Waals surface area contributed by atoms with E-state index in [-0.39, 0.29) is 17.9 Å². The summed E-state index contributed by atoms with van der Waals surface area (Å²) in [5.74, 6) is -3.95. The topological polar surface area (TPSA) is 51.8 Å². The maximum absolute atomic E-state index is 13.1. The van der Waals surface area contributed by atoms with Crippen LogP contribution in [0.1, 0.15) is 11.3 Å².